The highest BCUT2D eigenvalue weighted by atomic mass is 127. The lowest BCUT2D eigenvalue weighted by Crippen LogP contribution is -2.12. The summed E-state index contributed by atoms with van der Waals surface area (Å²) < 4.78 is 1.23. The second kappa shape index (κ2) is 5.49. The molecule has 1 N–H and O–H groups in total. The van der Waals surface area contributed by atoms with Crippen molar-refractivity contribution in [1.82, 2.24) is 0 Å². The second-order valence-electron chi connectivity index (χ2n) is 3.72. The predicted octanol–water partition coefficient (Wildman–Crippen LogP) is 3.12. The fourth-order valence-corrected chi connectivity index (χ4v) is 2.41. The van der Waals surface area contributed by atoms with E-state index >= 15 is 0 Å². The van der Waals surface area contributed by atoms with Crippen molar-refractivity contribution in [3.05, 3.63) is 32.9 Å². The van der Waals surface area contributed by atoms with Crippen molar-refractivity contribution < 1.29 is 9.90 Å². The summed E-state index contributed by atoms with van der Waals surface area (Å²) >= 11 is 2.30. The molecule has 0 aliphatic heterocycles. The molecule has 1 atom stereocenters. The minimum absolute atomic E-state index is 0.312. The Balaban J connectivity index is 2.79. The molecule has 2 nitrogen and oxygen atoms in total. The van der Waals surface area contributed by atoms with Gasteiger partial charge in [-0.15, -0.1) is 0 Å². The van der Waals surface area contributed by atoms with E-state index in [-0.39, 0.29) is 5.92 Å². The average Bonchev–Trinajstić information content (AvgIpc) is 2.18. The van der Waals surface area contributed by atoms with Crippen LogP contribution in [0.2, 0.25) is 0 Å². The summed E-state index contributed by atoms with van der Waals surface area (Å²) in [5, 5.41) is 8.81. The Labute approximate surface area is 104 Å². The first-order valence-electron chi connectivity index (χ1n) is 5.04. The van der Waals surface area contributed by atoms with Gasteiger partial charge in [-0.3, -0.25) is 4.79 Å². The van der Waals surface area contributed by atoms with E-state index in [1.165, 1.54) is 9.13 Å². The van der Waals surface area contributed by atoms with Crippen molar-refractivity contribution in [2.45, 2.75) is 26.7 Å². The Bertz CT molecular complexity index is 361. The normalized spacial score (nSPS) is 12.5. The summed E-state index contributed by atoms with van der Waals surface area (Å²) in [4.78, 5) is 10.7. The Morgan fingerprint density at radius 3 is 2.67 bits per heavy atom. The van der Waals surface area contributed by atoms with Crippen molar-refractivity contribution in [3.63, 3.8) is 0 Å². The molecule has 0 saturated heterocycles. The molecule has 0 saturated carbocycles. The molecule has 3 heteroatoms. The van der Waals surface area contributed by atoms with Crippen LogP contribution < -0.4 is 0 Å². The highest BCUT2D eigenvalue weighted by Crippen LogP contribution is 2.17. The molecule has 82 valence electrons. The van der Waals surface area contributed by atoms with Crippen LogP contribution in [0, 0.1) is 9.49 Å². The monoisotopic (exact) mass is 318 g/mol. The molecule has 0 radical (unpaired) electrons. The van der Waals surface area contributed by atoms with E-state index < -0.39 is 5.97 Å². The maximum absolute atomic E-state index is 10.7. The van der Waals surface area contributed by atoms with E-state index in [0.717, 1.165) is 12.0 Å². The molecule has 1 aromatic rings. The number of carboxylic acid groups (broad SMARTS) is 1. The molecule has 0 aliphatic rings. The molecule has 0 spiro atoms. The highest BCUT2D eigenvalue weighted by molar-refractivity contribution is 14.1. The number of aliphatic carboxylic acids is 1. The van der Waals surface area contributed by atoms with Gasteiger partial charge in [-0.1, -0.05) is 26.0 Å². The number of carbonyl (C=O) groups is 1. The van der Waals surface area contributed by atoms with E-state index in [1.807, 2.05) is 6.07 Å². The van der Waals surface area contributed by atoms with Crippen LogP contribution in [-0.4, -0.2) is 11.1 Å². The molecular weight excluding hydrogens is 303 g/mol. The van der Waals surface area contributed by atoms with E-state index in [9.17, 15) is 4.79 Å². The van der Waals surface area contributed by atoms with Crippen LogP contribution in [0.25, 0.3) is 0 Å². The molecule has 1 aromatic carbocycles. The van der Waals surface area contributed by atoms with Crippen molar-refractivity contribution in [1.29, 1.82) is 0 Å². The van der Waals surface area contributed by atoms with Gasteiger partial charge in [0.25, 0.3) is 0 Å². The Kier molecular flexibility index (Phi) is 4.57. The summed E-state index contributed by atoms with van der Waals surface area (Å²) in [7, 11) is 0. The first-order chi connectivity index (χ1) is 7.04. The summed E-state index contributed by atoms with van der Waals surface area (Å²) in [6, 6.07) is 6.20. The molecule has 0 bridgehead atoms. The molecule has 1 unspecified atom stereocenters. The number of aryl methyl sites for hydroxylation is 1. The van der Waals surface area contributed by atoms with Gasteiger partial charge in [0.05, 0.1) is 5.92 Å². The number of carboxylic acids is 1. The maximum Gasteiger partial charge on any atom is 0.306 e. The first-order valence-corrected chi connectivity index (χ1v) is 6.12. The summed E-state index contributed by atoms with van der Waals surface area (Å²) in [5.74, 6) is -1.04. The third-order valence-corrected chi connectivity index (χ3v) is 3.47. The zero-order valence-electron chi connectivity index (χ0n) is 8.96. The van der Waals surface area contributed by atoms with Gasteiger partial charge in [-0.25, -0.2) is 0 Å². The van der Waals surface area contributed by atoms with Gasteiger partial charge < -0.3 is 5.11 Å². The van der Waals surface area contributed by atoms with Gasteiger partial charge in [0.2, 0.25) is 0 Å². The average molecular weight is 318 g/mol. The van der Waals surface area contributed by atoms with E-state index in [1.54, 1.807) is 6.92 Å². The van der Waals surface area contributed by atoms with Crippen LogP contribution in [-0.2, 0) is 17.6 Å². The van der Waals surface area contributed by atoms with Gasteiger partial charge in [0.1, 0.15) is 0 Å². The first kappa shape index (κ1) is 12.5. The number of hydrogen-bond donors (Lipinski definition) is 1. The zero-order chi connectivity index (χ0) is 11.4. The fraction of sp³-hybridized carbons (Fsp3) is 0.417. The molecule has 0 amide bonds. The molecule has 0 heterocycles. The van der Waals surface area contributed by atoms with Crippen LogP contribution in [0.15, 0.2) is 18.2 Å². The Hall–Kier alpha value is -0.580. The Morgan fingerprint density at radius 2 is 2.20 bits per heavy atom. The molecule has 15 heavy (non-hydrogen) atoms. The minimum Gasteiger partial charge on any atom is -0.481 e. The maximum atomic E-state index is 10.7. The van der Waals surface area contributed by atoms with Crippen molar-refractivity contribution in [3.8, 4) is 0 Å². The van der Waals surface area contributed by atoms with Crippen LogP contribution in [0.4, 0.5) is 0 Å². The lowest BCUT2D eigenvalue weighted by atomic mass is 10.00. The van der Waals surface area contributed by atoms with Crippen LogP contribution in [0.5, 0.6) is 0 Å². The van der Waals surface area contributed by atoms with E-state index in [4.69, 9.17) is 5.11 Å². The third-order valence-electron chi connectivity index (χ3n) is 2.46. The van der Waals surface area contributed by atoms with Gasteiger partial charge in [-0.2, -0.15) is 0 Å². The minimum atomic E-state index is -0.732. The van der Waals surface area contributed by atoms with Crippen molar-refractivity contribution in [2.24, 2.45) is 5.92 Å². The van der Waals surface area contributed by atoms with Gasteiger partial charge >= 0.3 is 5.97 Å². The summed E-state index contributed by atoms with van der Waals surface area (Å²) in [6.07, 6.45) is 1.63. The summed E-state index contributed by atoms with van der Waals surface area (Å²) in [5.41, 5.74) is 2.42. The SMILES string of the molecule is CCc1ccc(CC(C)C(=O)O)cc1I. The molecule has 0 aliphatic carbocycles. The smallest absolute Gasteiger partial charge is 0.306 e. The Morgan fingerprint density at radius 1 is 1.53 bits per heavy atom. The molecule has 0 fully saturated rings. The highest BCUT2D eigenvalue weighted by Gasteiger charge is 2.11. The van der Waals surface area contributed by atoms with Crippen LogP contribution in [0.1, 0.15) is 25.0 Å². The third kappa shape index (κ3) is 3.48. The van der Waals surface area contributed by atoms with Crippen LogP contribution in [0.3, 0.4) is 0 Å². The second-order valence-corrected chi connectivity index (χ2v) is 4.88. The fourth-order valence-electron chi connectivity index (χ4n) is 1.45. The van der Waals surface area contributed by atoms with Crippen molar-refractivity contribution in [2.75, 3.05) is 0 Å². The predicted molar refractivity (Wildman–Crippen MR) is 69.0 cm³/mol. The molecular formula is C12H15IO2. The quantitative estimate of drug-likeness (QED) is 0.866. The molecule has 1 rings (SSSR count). The topological polar surface area (TPSA) is 37.3 Å². The van der Waals surface area contributed by atoms with Gasteiger partial charge in [0, 0.05) is 3.57 Å². The molecule has 0 aromatic heterocycles. The van der Waals surface area contributed by atoms with E-state index in [2.05, 4.69) is 41.6 Å². The number of rotatable bonds is 4. The number of halogens is 1. The summed E-state index contributed by atoms with van der Waals surface area (Å²) in [6.45, 7) is 3.86. The lowest BCUT2D eigenvalue weighted by Gasteiger charge is -2.08. The number of benzene rings is 1. The number of hydrogen-bond acceptors (Lipinski definition) is 1. The largest absolute Gasteiger partial charge is 0.481 e. The van der Waals surface area contributed by atoms with Crippen molar-refractivity contribution >= 4 is 28.6 Å². The van der Waals surface area contributed by atoms with E-state index in [0.29, 0.717) is 6.42 Å². The van der Waals surface area contributed by atoms with Crippen LogP contribution >= 0.6 is 22.6 Å². The van der Waals surface area contributed by atoms with Gasteiger partial charge in [0.15, 0.2) is 0 Å². The van der Waals surface area contributed by atoms with Gasteiger partial charge in [-0.05, 0) is 52.6 Å². The lowest BCUT2D eigenvalue weighted by molar-refractivity contribution is -0.141. The standard InChI is InChI=1S/C12H15IO2/c1-3-10-5-4-9(7-11(10)13)6-8(2)12(14)15/h4-5,7-8H,3,6H2,1-2H3,(H,14,15). The zero-order valence-corrected chi connectivity index (χ0v) is 11.1.